The van der Waals surface area contributed by atoms with E-state index in [0.29, 0.717) is 35.6 Å². The number of H-pyrrole nitrogens is 1. The normalized spacial score (nSPS) is 11.0. The van der Waals surface area contributed by atoms with Gasteiger partial charge in [0.05, 0.1) is 23.7 Å². The zero-order valence-electron chi connectivity index (χ0n) is 22.5. The fourth-order valence-corrected chi connectivity index (χ4v) is 4.78. The van der Waals surface area contributed by atoms with Crippen LogP contribution in [0.5, 0.6) is 5.75 Å². The number of nitrogens with one attached hydrogen (secondary N) is 1. The van der Waals surface area contributed by atoms with Crippen LogP contribution in [0.25, 0.3) is 33.4 Å². The SMILES string of the molecule is CCCCc1nc2ccc(COc3ccoc3)cc2c(=O)n1Cc1ccc(-c2ccccc2-c2nnn[nH]2)cc1.Cl. The van der Waals surface area contributed by atoms with E-state index in [2.05, 4.69) is 51.8 Å². The van der Waals surface area contributed by atoms with Crippen LogP contribution in [0.2, 0.25) is 0 Å². The minimum atomic E-state index is -0.0477. The maximum Gasteiger partial charge on any atom is 0.261 e. The molecule has 9 nitrogen and oxygen atoms in total. The van der Waals surface area contributed by atoms with E-state index in [9.17, 15) is 4.79 Å². The molecule has 208 valence electrons. The quantitative estimate of drug-likeness (QED) is 0.208. The minimum absolute atomic E-state index is 0. The van der Waals surface area contributed by atoms with Crippen molar-refractivity contribution in [2.75, 3.05) is 0 Å². The van der Waals surface area contributed by atoms with Crippen LogP contribution in [-0.4, -0.2) is 30.2 Å². The Morgan fingerprint density at radius 3 is 2.51 bits per heavy atom. The molecule has 0 fully saturated rings. The Bertz CT molecular complexity index is 1780. The highest BCUT2D eigenvalue weighted by molar-refractivity contribution is 5.85. The molecule has 1 N–H and O–H groups in total. The predicted octanol–water partition coefficient (Wildman–Crippen LogP) is 6.23. The number of ether oxygens (including phenoxy) is 1. The van der Waals surface area contributed by atoms with Gasteiger partial charge in [-0.2, -0.15) is 0 Å². The number of halogens is 1. The van der Waals surface area contributed by atoms with Crippen LogP contribution < -0.4 is 10.3 Å². The maximum absolute atomic E-state index is 13.8. The summed E-state index contributed by atoms with van der Waals surface area (Å²) in [6.07, 6.45) is 5.83. The molecule has 6 rings (SSSR count). The lowest BCUT2D eigenvalue weighted by Crippen LogP contribution is -2.26. The number of hydrogen-bond donors (Lipinski definition) is 1. The lowest BCUT2D eigenvalue weighted by Gasteiger charge is -2.15. The fourth-order valence-electron chi connectivity index (χ4n) is 4.78. The Hall–Kier alpha value is -4.76. The summed E-state index contributed by atoms with van der Waals surface area (Å²) in [6.45, 7) is 2.91. The smallest absolute Gasteiger partial charge is 0.261 e. The van der Waals surface area contributed by atoms with Gasteiger partial charge >= 0.3 is 0 Å². The first-order valence-electron chi connectivity index (χ1n) is 13.3. The van der Waals surface area contributed by atoms with Gasteiger partial charge in [-0.3, -0.25) is 9.36 Å². The van der Waals surface area contributed by atoms with Crippen molar-refractivity contribution < 1.29 is 9.15 Å². The minimum Gasteiger partial charge on any atom is -0.486 e. The number of rotatable bonds is 10. The first-order valence-corrected chi connectivity index (χ1v) is 13.3. The molecule has 0 bridgehead atoms. The number of aromatic amines is 1. The lowest BCUT2D eigenvalue weighted by atomic mass is 9.98. The predicted molar refractivity (Wildman–Crippen MR) is 159 cm³/mol. The van der Waals surface area contributed by atoms with Crippen molar-refractivity contribution in [1.29, 1.82) is 0 Å². The van der Waals surface area contributed by atoms with E-state index in [1.54, 1.807) is 18.6 Å². The topological polar surface area (TPSA) is 112 Å². The Kier molecular flexibility index (Phi) is 8.55. The Balaban J connectivity index is 0.00000337. The van der Waals surface area contributed by atoms with Crippen LogP contribution >= 0.6 is 12.4 Å². The lowest BCUT2D eigenvalue weighted by molar-refractivity contribution is 0.302. The van der Waals surface area contributed by atoms with Crippen molar-refractivity contribution in [3.05, 3.63) is 113 Å². The van der Waals surface area contributed by atoms with Gasteiger partial charge in [0.25, 0.3) is 5.56 Å². The summed E-state index contributed by atoms with van der Waals surface area (Å²) in [5, 5.41) is 14.9. The number of benzene rings is 3. The largest absolute Gasteiger partial charge is 0.486 e. The number of aryl methyl sites for hydroxylation is 1. The maximum atomic E-state index is 13.8. The molecule has 0 aliphatic rings. The van der Waals surface area contributed by atoms with Gasteiger partial charge in [-0.25, -0.2) is 10.1 Å². The van der Waals surface area contributed by atoms with Crippen molar-refractivity contribution in [3.8, 4) is 28.3 Å². The molecule has 3 aromatic carbocycles. The molecule has 0 aliphatic carbocycles. The summed E-state index contributed by atoms with van der Waals surface area (Å²) in [5.74, 6) is 2.06. The Morgan fingerprint density at radius 2 is 1.78 bits per heavy atom. The molecule has 0 saturated heterocycles. The number of fused-ring (bicyclic) bond motifs is 1. The average Bonchev–Trinajstić information content (AvgIpc) is 3.72. The first kappa shape index (κ1) is 27.8. The summed E-state index contributed by atoms with van der Waals surface area (Å²) in [4.78, 5) is 18.7. The molecular formula is C31H29ClN6O3. The molecule has 0 radical (unpaired) electrons. The molecular weight excluding hydrogens is 540 g/mol. The van der Waals surface area contributed by atoms with Gasteiger partial charge in [0, 0.05) is 18.1 Å². The van der Waals surface area contributed by atoms with E-state index in [4.69, 9.17) is 14.1 Å². The number of furan rings is 1. The summed E-state index contributed by atoms with van der Waals surface area (Å²) in [7, 11) is 0. The van der Waals surface area contributed by atoms with Gasteiger partial charge in [0.1, 0.15) is 18.7 Å². The van der Waals surface area contributed by atoms with Crippen LogP contribution in [0.3, 0.4) is 0 Å². The van der Waals surface area contributed by atoms with E-state index < -0.39 is 0 Å². The summed E-state index contributed by atoms with van der Waals surface area (Å²) in [5.41, 5.74) is 5.54. The van der Waals surface area contributed by atoms with Gasteiger partial charge in [-0.05, 0) is 51.2 Å². The third-order valence-corrected chi connectivity index (χ3v) is 6.89. The van der Waals surface area contributed by atoms with E-state index >= 15 is 0 Å². The molecule has 0 unspecified atom stereocenters. The average molecular weight is 569 g/mol. The van der Waals surface area contributed by atoms with Gasteiger partial charge in [0.2, 0.25) is 0 Å². The van der Waals surface area contributed by atoms with Crippen molar-refractivity contribution in [2.24, 2.45) is 0 Å². The Morgan fingerprint density at radius 1 is 0.976 bits per heavy atom. The van der Waals surface area contributed by atoms with E-state index in [0.717, 1.165) is 52.9 Å². The van der Waals surface area contributed by atoms with Crippen molar-refractivity contribution in [1.82, 2.24) is 30.2 Å². The molecule has 0 atom stereocenters. The molecule has 3 heterocycles. The second-order valence-electron chi connectivity index (χ2n) is 9.61. The van der Waals surface area contributed by atoms with Crippen LogP contribution in [0.4, 0.5) is 0 Å². The zero-order valence-corrected chi connectivity index (χ0v) is 23.3. The number of aromatic nitrogens is 6. The van der Waals surface area contributed by atoms with Crippen molar-refractivity contribution in [2.45, 2.75) is 39.3 Å². The highest BCUT2D eigenvalue weighted by Gasteiger charge is 2.14. The number of nitrogens with zero attached hydrogens (tertiary/aromatic N) is 5. The molecule has 3 aromatic heterocycles. The molecule has 10 heteroatoms. The van der Waals surface area contributed by atoms with Gasteiger partial charge in [0.15, 0.2) is 11.6 Å². The third-order valence-electron chi connectivity index (χ3n) is 6.89. The molecule has 0 aliphatic heterocycles. The Labute approximate surface area is 242 Å². The molecule has 41 heavy (non-hydrogen) atoms. The van der Waals surface area contributed by atoms with Crippen LogP contribution in [0.15, 0.2) is 94.5 Å². The van der Waals surface area contributed by atoms with Gasteiger partial charge in [-0.15, -0.1) is 17.5 Å². The summed E-state index contributed by atoms with van der Waals surface area (Å²) >= 11 is 0. The molecule has 0 spiro atoms. The van der Waals surface area contributed by atoms with Crippen molar-refractivity contribution >= 4 is 23.3 Å². The van der Waals surface area contributed by atoms with Crippen LogP contribution in [0.1, 0.15) is 36.7 Å². The van der Waals surface area contributed by atoms with Crippen LogP contribution in [0, 0.1) is 0 Å². The highest BCUT2D eigenvalue weighted by atomic mass is 35.5. The standard InChI is InChI=1S/C31H28N6O3.ClH/c1-2-3-8-29-32-28-14-11-22(19-40-24-15-16-39-20-24)17-27(28)31(38)37(29)18-21-9-12-23(13-10-21)25-6-4-5-7-26(25)30-33-35-36-34-30;/h4-7,9-17,20H,2-3,8,18-19H2,1H3,(H,33,34,35,36);1H. The summed E-state index contributed by atoms with van der Waals surface area (Å²) in [6, 6.07) is 23.7. The molecule has 6 aromatic rings. The number of unbranched alkanes of at least 4 members (excludes halogenated alkanes) is 1. The van der Waals surface area contributed by atoms with E-state index in [-0.39, 0.29) is 18.0 Å². The van der Waals surface area contributed by atoms with Crippen molar-refractivity contribution in [3.63, 3.8) is 0 Å². The zero-order chi connectivity index (χ0) is 27.3. The van der Waals surface area contributed by atoms with Crippen LogP contribution in [-0.2, 0) is 19.6 Å². The monoisotopic (exact) mass is 568 g/mol. The van der Waals surface area contributed by atoms with Gasteiger partial charge < -0.3 is 9.15 Å². The van der Waals surface area contributed by atoms with E-state index in [1.165, 1.54) is 0 Å². The third kappa shape index (κ3) is 6.05. The van der Waals surface area contributed by atoms with Gasteiger partial charge in [-0.1, -0.05) is 67.9 Å². The summed E-state index contributed by atoms with van der Waals surface area (Å²) < 4.78 is 12.6. The fraction of sp³-hybridized carbons (Fsp3) is 0.194. The first-order chi connectivity index (χ1) is 19.7. The molecule has 0 saturated carbocycles. The number of hydrogen-bond acceptors (Lipinski definition) is 7. The van der Waals surface area contributed by atoms with E-state index in [1.807, 2.05) is 47.0 Å². The molecule has 0 amide bonds. The number of tetrazole rings is 1. The second kappa shape index (κ2) is 12.6. The second-order valence-corrected chi connectivity index (χ2v) is 9.61. The highest BCUT2D eigenvalue weighted by Crippen LogP contribution is 2.30.